The molecule has 2 rings (SSSR count). The van der Waals surface area contributed by atoms with Crippen LogP contribution in [0.15, 0.2) is 36.1 Å². The molecule has 130 valence electrons. The third kappa shape index (κ3) is 3.69. The largest absolute Gasteiger partial charge is 0.477 e. The first kappa shape index (κ1) is 18.2. The zero-order valence-electron chi connectivity index (χ0n) is 15.1. The SMILES string of the molecule is CCCCCC(=O)C(C)(C)N1COC(C)=C(c2ccccc2)C1=O. The Kier molecular flexibility index (Phi) is 5.81. The lowest BCUT2D eigenvalue weighted by molar-refractivity contribution is -0.148. The number of allylic oxidation sites excluding steroid dienone is 1. The summed E-state index contributed by atoms with van der Waals surface area (Å²) in [6, 6.07) is 9.47. The summed E-state index contributed by atoms with van der Waals surface area (Å²) >= 11 is 0. The first-order chi connectivity index (χ1) is 11.4. The Hall–Kier alpha value is -2.10. The van der Waals surface area contributed by atoms with E-state index in [4.69, 9.17) is 4.74 Å². The smallest absolute Gasteiger partial charge is 0.261 e. The lowest BCUT2D eigenvalue weighted by atomic mass is 9.91. The molecule has 4 nitrogen and oxygen atoms in total. The van der Waals surface area contributed by atoms with E-state index in [2.05, 4.69) is 6.92 Å². The number of amides is 1. The first-order valence-corrected chi connectivity index (χ1v) is 8.64. The highest BCUT2D eigenvalue weighted by atomic mass is 16.5. The van der Waals surface area contributed by atoms with Crippen molar-refractivity contribution in [2.45, 2.75) is 58.9 Å². The minimum atomic E-state index is -0.869. The van der Waals surface area contributed by atoms with E-state index >= 15 is 0 Å². The third-order valence-electron chi connectivity index (χ3n) is 4.65. The second-order valence-corrected chi connectivity index (χ2v) is 6.74. The Morgan fingerprint density at radius 2 is 1.88 bits per heavy atom. The number of ketones is 1. The number of hydrogen-bond donors (Lipinski definition) is 0. The van der Waals surface area contributed by atoms with E-state index in [9.17, 15) is 9.59 Å². The van der Waals surface area contributed by atoms with Gasteiger partial charge in [0.1, 0.15) is 5.76 Å². The molecule has 0 aromatic heterocycles. The van der Waals surface area contributed by atoms with Gasteiger partial charge in [-0.1, -0.05) is 50.1 Å². The van der Waals surface area contributed by atoms with Gasteiger partial charge < -0.3 is 4.74 Å². The van der Waals surface area contributed by atoms with Gasteiger partial charge in [-0.05, 0) is 32.8 Å². The summed E-state index contributed by atoms with van der Waals surface area (Å²) in [7, 11) is 0. The van der Waals surface area contributed by atoms with Crippen molar-refractivity contribution in [3.63, 3.8) is 0 Å². The maximum Gasteiger partial charge on any atom is 0.261 e. The molecule has 1 heterocycles. The summed E-state index contributed by atoms with van der Waals surface area (Å²) in [6.45, 7) is 7.65. The lowest BCUT2D eigenvalue weighted by Gasteiger charge is -2.40. The van der Waals surface area contributed by atoms with Crippen LogP contribution in [0.3, 0.4) is 0 Å². The number of carbonyl (C=O) groups excluding carboxylic acids is 2. The Morgan fingerprint density at radius 1 is 1.21 bits per heavy atom. The fourth-order valence-electron chi connectivity index (χ4n) is 2.92. The summed E-state index contributed by atoms with van der Waals surface area (Å²) in [5.74, 6) is 0.551. The molecule has 0 aliphatic carbocycles. The van der Waals surface area contributed by atoms with Gasteiger partial charge in [0.25, 0.3) is 5.91 Å². The van der Waals surface area contributed by atoms with Gasteiger partial charge in [0, 0.05) is 6.42 Å². The zero-order chi connectivity index (χ0) is 17.7. The molecular weight excluding hydrogens is 302 g/mol. The quantitative estimate of drug-likeness (QED) is 0.706. The number of benzene rings is 1. The summed E-state index contributed by atoms with van der Waals surface area (Å²) in [6.07, 6.45) is 3.45. The van der Waals surface area contributed by atoms with E-state index in [1.165, 1.54) is 0 Å². The van der Waals surface area contributed by atoms with E-state index in [0.29, 0.717) is 17.8 Å². The lowest BCUT2D eigenvalue weighted by Crippen LogP contribution is -2.55. The fourth-order valence-corrected chi connectivity index (χ4v) is 2.92. The van der Waals surface area contributed by atoms with Crippen LogP contribution in [-0.4, -0.2) is 28.9 Å². The predicted molar refractivity (Wildman–Crippen MR) is 95.1 cm³/mol. The Labute approximate surface area is 144 Å². The Balaban J connectivity index is 2.24. The maximum absolute atomic E-state index is 13.1. The minimum Gasteiger partial charge on any atom is -0.477 e. The molecule has 1 amide bonds. The average Bonchev–Trinajstić information content (AvgIpc) is 2.55. The number of hydrogen-bond acceptors (Lipinski definition) is 3. The van der Waals surface area contributed by atoms with Crippen LogP contribution >= 0.6 is 0 Å². The number of ether oxygens (including phenoxy) is 1. The van der Waals surface area contributed by atoms with Crippen molar-refractivity contribution in [1.82, 2.24) is 4.90 Å². The highest BCUT2D eigenvalue weighted by Crippen LogP contribution is 2.31. The molecule has 0 atom stereocenters. The van der Waals surface area contributed by atoms with Gasteiger partial charge in [-0.25, -0.2) is 0 Å². The molecule has 0 bridgehead atoms. The molecule has 1 aromatic rings. The predicted octanol–water partition coefficient (Wildman–Crippen LogP) is 4.16. The van der Waals surface area contributed by atoms with Crippen molar-refractivity contribution in [3.05, 3.63) is 41.7 Å². The molecule has 0 unspecified atom stereocenters. The van der Waals surface area contributed by atoms with Gasteiger partial charge in [-0.2, -0.15) is 0 Å². The highest BCUT2D eigenvalue weighted by Gasteiger charge is 2.41. The normalized spacial score (nSPS) is 15.5. The van der Waals surface area contributed by atoms with Crippen LogP contribution in [0.2, 0.25) is 0 Å². The Bertz CT molecular complexity index is 632. The molecule has 0 saturated carbocycles. The molecule has 1 aliphatic rings. The van der Waals surface area contributed by atoms with Crippen molar-refractivity contribution in [2.75, 3.05) is 6.73 Å². The standard InChI is InChI=1S/C20H27NO3/c1-5-6-8-13-17(22)20(3,4)21-14-24-15(2)18(19(21)23)16-11-9-7-10-12-16/h7,9-12H,5-6,8,13-14H2,1-4H3. The highest BCUT2D eigenvalue weighted by molar-refractivity contribution is 6.21. The van der Waals surface area contributed by atoms with Gasteiger partial charge >= 0.3 is 0 Å². The average molecular weight is 329 g/mol. The summed E-state index contributed by atoms with van der Waals surface area (Å²) < 4.78 is 5.72. The van der Waals surface area contributed by atoms with Crippen molar-refractivity contribution >= 4 is 17.3 Å². The minimum absolute atomic E-state index is 0.0832. The molecule has 1 aliphatic heterocycles. The van der Waals surface area contributed by atoms with E-state index in [1.54, 1.807) is 11.8 Å². The fraction of sp³-hybridized carbons (Fsp3) is 0.500. The number of carbonyl (C=O) groups is 2. The number of Topliss-reactive ketones (excluding diaryl/α,β-unsaturated/α-hetero) is 1. The summed E-state index contributed by atoms with van der Waals surface area (Å²) in [5, 5.41) is 0. The van der Waals surface area contributed by atoms with Crippen LogP contribution in [0.4, 0.5) is 0 Å². The molecule has 0 spiro atoms. The summed E-state index contributed by atoms with van der Waals surface area (Å²) in [5.41, 5.74) is 0.487. The molecule has 1 aromatic carbocycles. The molecule has 0 radical (unpaired) electrons. The molecule has 0 saturated heterocycles. The van der Waals surface area contributed by atoms with E-state index < -0.39 is 5.54 Å². The number of nitrogens with zero attached hydrogens (tertiary/aromatic N) is 1. The van der Waals surface area contributed by atoms with Crippen LogP contribution in [0.25, 0.3) is 5.57 Å². The van der Waals surface area contributed by atoms with E-state index in [0.717, 1.165) is 24.8 Å². The van der Waals surface area contributed by atoms with Crippen molar-refractivity contribution in [3.8, 4) is 0 Å². The van der Waals surface area contributed by atoms with E-state index in [1.807, 2.05) is 44.2 Å². The van der Waals surface area contributed by atoms with Gasteiger partial charge in [0.15, 0.2) is 12.5 Å². The molecular formula is C20H27NO3. The molecule has 0 N–H and O–H groups in total. The zero-order valence-corrected chi connectivity index (χ0v) is 15.1. The second kappa shape index (κ2) is 7.65. The molecule has 24 heavy (non-hydrogen) atoms. The van der Waals surface area contributed by atoms with Crippen molar-refractivity contribution in [2.24, 2.45) is 0 Å². The van der Waals surface area contributed by atoms with Crippen LogP contribution in [0, 0.1) is 0 Å². The van der Waals surface area contributed by atoms with Gasteiger partial charge in [-0.15, -0.1) is 0 Å². The summed E-state index contributed by atoms with van der Waals surface area (Å²) in [4.78, 5) is 27.2. The number of rotatable bonds is 7. The Morgan fingerprint density at radius 3 is 2.50 bits per heavy atom. The maximum atomic E-state index is 13.1. The van der Waals surface area contributed by atoms with Crippen LogP contribution in [0.1, 0.15) is 58.9 Å². The van der Waals surface area contributed by atoms with Crippen LogP contribution in [-0.2, 0) is 14.3 Å². The monoisotopic (exact) mass is 329 g/mol. The van der Waals surface area contributed by atoms with Crippen LogP contribution < -0.4 is 0 Å². The molecule has 0 fully saturated rings. The molecule has 4 heteroatoms. The van der Waals surface area contributed by atoms with Gasteiger partial charge in [0.05, 0.1) is 11.1 Å². The second-order valence-electron chi connectivity index (χ2n) is 6.74. The van der Waals surface area contributed by atoms with Gasteiger partial charge in [0.2, 0.25) is 0 Å². The van der Waals surface area contributed by atoms with Crippen molar-refractivity contribution < 1.29 is 14.3 Å². The van der Waals surface area contributed by atoms with Crippen LogP contribution in [0.5, 0.6) is 0 Å². The van der Waals surface area contributed by atoms with Gasteiger partial charge in [-0.3, -0.25) is 14.5 Å². The first-order valence-electron chi connectivity index (χ1n) is 8.64. The van der Waals surface area contributed by atoms with E-state index in [-0.39, 0.29) is 18.4 Å². The third-order valence-corrected chi connectivity index (χ3v) is 4.65. The topological polar surface area (TPSA) is 46.6 Å². The number of unbranched alkanes of at least 4 members (excludes halogenated alkanes) is 2. The van der Waals surface area contributed by atoms with Crippen molar-refractivity contribution in [1.29, 1.82) is 0 Å².